The normalized spacial score (nSPS) is 33.6. The van der Waals surface area contributed by atoms with Crippen LogP contribution in [0.15, 0.2) is 0 Å². The summed E-state index contributed by atoms with van der Waals surface area (Å²) in [7, 11) is 0. The highest BCUT2D eigenvalue weighted by Gasteiger charge is 2.44. The van der Waals surface area contributed by atoms with Gasteiger partial charge >= 0.3 is 0 Å². The third-order valence-corrected chi connectivity index (χ3v) is 4.36. The van der Waals surface area contributed by atoms with E-state index in [0.29, 0.717) is 6.42 Å². The fourth-order valence-electron chi connectivity index (χ4n) is 2.89. The first-order chi connectivity index (χ1) is 10.5. The lowest BCUT2D eigenvalue weighted by Crippen LogP contribution is -2.58. The van der Waals surface area contributed by atoms with Gasteiger partial charge in [-0.1, -0.05) is 32.1 Å². The topological polar surface area (TPSA) is 107 Å². The van der Waals surface area contributed by atoms with Crippen molar-refractivity contribution in [2.75, 3.05) is 6.61 Å². The van der Waals surface area contributed by atoms with E-state index in [1.54, 1.807) is 6.92 Å². The van der Waals surface area contributed by atoms with Crippen LogP contribution in [0.3, 0.4) is 0 Å². The number of carbonyl (C=O) groups excluding carboxylic acids is 1. The summed E-state index contributed by atoms with van der Waals surface area (Å²) in [6.07, 6.45) is 2.99. The molecule has 4 N–H and O–H groups in total. The molecule has 1 rings (SSSR count). The van der Waals surface area contributed by atoms with Gasteiger partial charge in [0, 0.05) is 6.61 Å². The molecular formula is C16H29O6. The Labute approximate surface area is 132 Å². The third-order valence-electron chi connectivity index (χ3n) is 4.36. The number of ether oxygens (including phenoxy) is 1. The lowest BCUT2D eigenvalue weighted by atomic mass is 9.86. The van der Waals surface area contributed by atoms with Gasteiger partial charge in [-0.05, 0) is 19.8 Å². The molecule has 0 amide bonds. The maximum Gasteiger partial charge on any atom is 0.204 e. The van der Waals surface area contributed by atoms with Crippen molar-refractivity contribution >= 4 is 6.29 Å². The van der Waals surface area contributed by atoms with Gasteiger partial charge in [0.05, 0.1) is 18.1 Å². The van der Waals surface area contributed by atoms with Crippen LogP contribution in [0.2, 0.25) is 0 Å². The molecule has 2 unspecified atom stereocenters. The van der Waals surface area contributed by atoms with Gasteiger partial charge in [0.15, 0.2) is 0 Å². The van der Waals surface area contributed by atoms with Crippen LogP contribution in [0.1, 0.15) is 51.9 Å². The van der Waals surface area contributed by atoms with E-state index in [0.717, 1.165) is 38.5 Å². The molecular weight excluding hydrogens is 288 g/mol. The Kier molecular flexibility index (Phi) is 9.12. The van der Waals surface area contributed by atoms with Gasteiger partial charge in [-0.3, -0.25) is 4.79 Å². The molecule has 1 fully saturated rings. The fraction of sp³-hybridized carbons (Fsp3) is 0.938. The number of aliphatic hydroxyl groups excluding tert-OH is 4. The zero-order chi connectivity index (χ0) is 16.5. The Balaban J connectivity index is 2.35. The SMILES string of the molecule is C[C@@H]1OC(C([C]=O)CCCCCCCCO)[C@H](O)[C@H](O)[C@H]1O. The number of hydrogen-bond acceptors (Lipinski definition) is 6. The van der Waals surface area contributed by atoms with Gasteiger partial charge in [-0.25, -0.2) is 0 Å². The first-order valence-corrected chi connectivity index (χ1v) is 8.21. The van der Waals surface area contributed by atoms with E-state index in [9.17, 15) is 20.1 Å². The van der Waals surface area contributed by atoms with Crippen LogP contribution in [-0.4, -0.2) is 63.8 Å². The molecule has 1 aliphatic rings. The van der Waals surface area contributed by atoms with Crippen molar-refractivity contribution in [2.45, 2.75) is 82.4 Å². The summed E-state index contributed by atoms with van der Waals surface area (Å²) in [6, 6.07) is 0. The molecule has 0 aromatic heterocycles. The van der Waals surface area contributed by atoms with Crippen molar-refractivity contribution in [3.63, 3.8) is 0 Å². The number of hydrogen-bond donors (Lipinski definition) is 4. The predicted molar refractivity (Wildman–Crippen MR) is 80.9 cm³/mol. The van der Waals surface area contributed by atoms with Gasteiger partial charge in [0.2, 0.25) is 6.29 Å². The van der Waals surface area contributed by atoms with Crippen molar-refractivity contribution < 1.29 is 30.0 Å². The number of rotatable bonds is 10. The maximum absolute atomic E-state index is 11.2. The minimum Gasteiger partial charge on any atom is -0.396 e. The average molecular weight is 317 g/mol. The lowest BCUT2D eigenvalue weighted by Gasteiger charge is -2.41. The summed E-state index contributed by atoms with van der Waals surface area (Å²) in [6.45, 7) is 1.83. The number of aliphatic hydroxyl groups is 4. The molecule has 0 aliphatic carbocycles. The zero-order valence-electron chi connectivity index (χ0n) is 13.2. The zero-order valence-corrected chi connectivity index (χ0v) is 13.2. The van der Waals surface area contributed by atoms with E-state index in [2.05, 4.69) is 0 Å². The summed E-state index contributed by atoms with van der Waals surface area (Å²) in [5.41, 5.74) is 0. The van der Waals surface area contributed by atoms with Gasteiger partial charge in [-0.15, -0.1) is 0 Å². The van der Waals surface area contributed by atoms with Crippen LogP contribution in [0, 0.1) is 5.92 Å². The molecule has 6 nitrogen and oxygen atoms in total. The Morgan fingerprint density at radius 3 is 2.14 bits per heavy atom. The van der Waals surface area contributed by atoms with Crippen molar-refractivity contribution in [1.29, 1.82) is 0 Å². The highest BCUT2D eigenvalue weighted by molar-refractivity contribution is 5.55. The second-order valence-corrected chi connectivity index (χ2v) is 6.14. The van der Waals surface area contributed by atoms with Crippen LogP contribution in [0.25, 0.3) is 0 Å². The molecule has 6 atom stereocenters. The third kappa shape index (κ3) is 5.59. The monoisotopic (exact) mass is 317 g/mol. The quantitative estimate of drug-likeness (QED) is 0.432. The van der Waals surface area contributed by atoms with Crippen molar-refractivity contribution in [3.05, 3.63) is 0 Å². The molecule has 22 heavy (non-hydrogen) atoms. The fourth-order valence-corrected chi connectivity index (χ4v) is 2.89. The second-order valence-electron chi connectivity index (χ2n) is 6.14. The van der Waals surface area contributed by atoms with E-state index < -0.39 is 36.4 Å². The molecule has 6 heteroatoms. The van der Waals surface area contributed by atoms with E-state index in [-0.39, 0.29) is 6.61 Å². The summed E-state index contributed by atoms with van der Waals surface area (Å²) in [5, 5.41) is 38.1. The molecule has 0 aromatic carbocycles. The average Bonchev–Trinajstić information content (AvgIpc) is 2.52. The number of unbranched alkanes of at least 4 members (excludes halogenated alkanes) is 5. The molecule has 1 radical (unpaired) electrons. The summed E-state index contributed by atoms with van der Waals surface area (Å²) in [4.78, 5) is 11.2. The lowest BCUT2D eigenvalue weighted by molar-refractivity contribution is -0.224. The first kappa shape index (κ1) is 19.5. The first-order valence-electron chi connectivity index (χ1n) is 8.21. The Morgan fingerprint density at radius 1 is 0.955 bits per heavy atom. The molecule has 0 saturated carbocycles. The standard InChI is InChI=1S/C16H29O6/c1-11-13(19)14(20)15(21)16(22-11)12(10-18)8-6-4-2-3-5-7-9-17/h11-17,19-21H,2-9H2,1H3/t11-,12?,13-,14+,15+,16?/m0/s1. The summed E-state index contributed by atoms with van der Waals surface area (Å²) in [5.74, 6) is -0.600. The van der Waals surface area contributed by atoms with Crippen LogP contribution in [0.5, 0.6) is 0 Å². The van der Waals surface area contributed by atoms with E-state index in [1.165, 1.54) is 0 Å². The largest absolute Gasteiger partial charge is 0.396 e. The van der Waals surface area contributed by atoms with Gasteiger partial charge in [-0.2, -0.15) is 0 Å². The van der Waals surface area contributed by atoms with E-state index in [1.807, 2.05) is 6.29 Å². The van der Waals surface area contributed by atoms with Crippen molar-refractivity contribution in [3.8, 4) is 0 Å². The van der Waals surface area contributed by atoms with Crippen LogP contribution in [0.4, 0.5) is 0 Å². The molecule has 1 heterocycles. The second kappa shape index (κ2) is 10.3. The highest BCUT2D eigenvalue weighted by atomic mass is 16.5. The van der Waals surface area contributed by atoms with Gasteiger partial charge < -0.3 is 25.2 Å². The molecule has 0 spiro atoms. The van der Waals surface area contributed by atoms with Crippen molar-refractivity contribution in [1.82, 2.24) is 0 Å². The molecule has 129 valence electrons. The molecule has 1 saturated heterocycles. The summed E-state index contributed by atoms with van der Waals surface area (Å²) < 4.78 is 5.49. The highest BCUT2D eigenvalue weighted by Crippen LogP contribution is 2.27. The van der Waals surface area contributed by atoms with Crippen molar-refractivity contribution in [2.24, 2.45) is 5.92 Å². The molecule has 1 aliphatic heterocycles. The van der Waals surface area contributed by atoms with E-state index in [4.69, 9.17) is 9.84 Å². The van der Waals surface area contributed by atoms with Gasteiger partial charge in [0.25, 0.3) is 0 Å². The predicted octanol–water partition coefficient (Wildman–Crippen LogP) is 0.305. The molecule has 0 aromatic rings. The van der Waals surface area contributed by atoms with E-state index >= 15 is 0 Å². The Morgan fingerprint density at radius 2 is 1.55 bits per heavy atom. The van der Waals surface area contributed by atoms with Crippen LogP contribution >= 0.6 is 0 Å². The smallest absolute Gasteiger partial charge is 0.204 e. The van der Waals surface area contributed by atoms with Crippen LogP contribution < -0.4 is 0 Å². The Hall–Kier alpha value is -0.530. The van der Waals surface area contributed by atoms with Gasteiger partial charge in [0.1, 0.15) is 18.3 Å². The minimum absolute atomic E-state index is 0.228. The maximum atomic E-state index is 11.2. The molecule has 0 bridgehead atoms. The summed E-state index contributed by atoms with van der Waals surface area (Å²) >= 11 is 0. The van der Waals surface area contributed by atoms with Crippen LogP contribution in [-0.2, 0) is 9.53 Å². The minimum atomic E-state index is -1.30. The Bertz CT molecular complexity index is 311.